The Morgan fingerprint density at radius 2 is 1.43 bits per heavy atom. The highest BCUT2D eigenvalue weighted by Gasteiger charge is 2.24. The Labute approximate surface area is 170 Å². The molecule has 0 amide bonds. The van der Waals surface area contributed by atoms with Crippen LogP contribution in [0.3, 0.4) is 0 Å². The van der Waals surface area contributed by atoms with Gasteiger partial charge in [0.2, 0.25) is 5.90 Å². The molecule has 0 aliphatic carbocycles. The Hall–Kier alpha value is -3.24. The number of nitrogens with zero attached hydrogens (tertiary/aromatic N) is 1. The summed E-state index contributed by atoms with van der Waals surface area (Å²) in [6.45, 7) is 0. The Morgan fingerprint density at radius 3 is 2.07 bits per heavy atom. The highest BCUT2D eigenvalue weighted by Crippen LogP contribution is 2.31. The van der Waals surface area contributed by atoms with Crippen molar-refractivity contribution in [3.05, 3.63) is 100 Å². The van der Waals surface area contributed by atoms with Gasteiger partial charge in [-0.05, 0) is 63.5 Å². The number of benzene rings is 4. The molecular weight excluding hydrogens is 414 g/mol. The third kappa shape index (κ3) is 2.92. The van der Waals surface area contributed by atoms with E-state index in [0.29, 0.717) is 11.6 Å². The summed E-state index contributed by atoms with van der Waals surface area (Å²) in [6.07, 6.45) is 1.83. The van der Waals surface area contributed by atoms with Crippen molar-refractivity contribution in [1.82, 2.24) is 0 Å². The zero-order valence-corrected chi connectivity index (χ0v) is 16.3. The van der Waals surface area contributed by atoms with Crippen LogP contribution in [0.2, 0.25) is 0 Å². The molecule has 1 aliphatic rings. The molecule has 3 nitrogen and oxygen atoms in total. The SMILES string of the molecule is O=C1OC(c2ccc(Br)cc2)=N/C1=C\c1c2ccccc2cc2ccccc12. The Kier molecular flexibility index (Phi) is 4.06. The number of esters is 1. The number of rotatable bonds is 2. The van der Waals surface area contributed by atoms with Crippen LogP contribution in [0.25, 0.3) is 27.6 Å². The molecule has 0 atom stereocenters. The molecule has 0 radical (unpaired) electrons. The summed E-state index contributed by atoms with van der Waals surface area (Å²) < 4.78 is 6.38. The van der Waals surface area contributed by atoms with E-state index in [9.17, 15) is 4.79 Å². The maximum Gasteiger partial charge on any atom is 0.363 e. The highest BCUT2D eigenvalue weighted by molar-refractivity contribution is 9.10. The topological polar surface area (TPSA) is 38.7 Å². The van der Waals surface area contributed by atoms with Crippen molar-refractivity contribution < 1.29 is 9.53 Å². The summed E-state index contributed by atoms with van der Waals surface area (Å²) in [5.41, 5.74) is 2.05. The van der Waals surface area contributed by atoms with Crippen molar-refractivity contribution in [2.75, 3.05) is 0 Å². The fraction of sp³-hybridized carbons (Fsp3) is 0. The Balaban J connectivity index is 1.70. The monoisotopic (exact) mass is 427 g/mol. The number of carbonyl (C=O) groups excluding carboxylic acids is 1. The van der Waals surface area contributed by atoms with Crippen LogP contribution in [-0.4, -0.2) is 11.9 Å². The third-order valence-corrected chi connectivity index (χ3v) is 5.33. The average molecular weight is 428 g/mol. The van der Waals surface area contributed by atoms with E-state index in [1.54, 1.807) is 0 Å². The van der Waals surface area contributed by atoms with Gasteiger partial charge in [0.1, 0.15) is 0 Å². The van der Waals surface area contributed by atoms with Crippen LogP contribution in [-0.2, 0) is 9.53 Å². The predicted octanol–water partition coefficient (Wildman–Crippen LogP) is 6.10. The van der Waals surface area contributed by atoms with Gasteiger partial charge in [0.15, 0.2) is 5.70 Å². The third-order valence-electron chi connectivity index (χ3n) is 4.81. The number of halogens is 1. The lowest BCUT2D eigenvalue weighted by molar-refractivity contribution is -0.129. The maximum atomic E-state index is 12.5. The van der Waals surface area contributed by atoms with E-state index < -0.39 is 5.97 Å². The molecular formula is C24H14BrNO2. The molecule has 0 spiro atoms. The van der Waals surface area contributed by atoms with Crippen molar-refractivity contribution in [2.45, 2.75) is 0 Å². The molecule has 5 rings (SSSR count). The van der Waals surface area contributed by atoms with Gasteiger partial charge >= 0.3 is 5.97 Å². The number of hydrogen-bond donors (Lipinski definition) is 0. The second-order valence-electron chi connectivity index (χ2n) is 6.58. The highest BCUT2D eigenvalue weighted by atomic mass is 79.9. The van der Waals surface area contributed by atoms with Gasteiger partial charge in [-0.25, -0.2) is 9.79 Å². The van der Waals surface area contributed by atoms with Crippen LogP contribution in [0.1, 0.15) is 11.1 Å². The van der Waals surface area contributed by atoms with Crippen LogP contribution in [0, 0.1) is 0 Å². The molecule has 1 aliphatic heterocycles. The first-order chi connectivity index (χ1) is 13.7. The van der Waals surface area contributed by atoms with Crippen molar-refractivity contribution in [2.24, 2.45) is 4.99 Å². The summed E-state index contributed by atoms with van der Waals surface area (Å²) in [5, 5.41) is 4.40. The first-order valence-corrected chi connectivity index (χ1v) is 9.67. The number of hydrogen-bond acceptors (Lipinski definition) is 3. The average Bonchev–Trinajstić information content (AvgIpc) is 3.08. The first kappa shape index (κ1) is 16.9. The number of fused-ring (bicyclic) bond motifs is 2. The molecule has 1 heterocycles. The molecule has 0 fully saturated rings. The van der Waals surface area contributed by atoms with E-state index in [2.05, 4.69) is 51.3 Å². The Bertz CT molecular complexity index is 1250. The molecule has 4 aromatic carbocycles. The smallest absolute Gasteiger partial charge is 0.363 e. The van der Waals surface area contributed by atoms with E-state index in [4.69, 9.17) is 4.74 Å². The summed E-state index contributed by atoms with van der Waals surface area (Å²) in [7, 11) is 0. The molecule has 0 saturated heterocycles. The number of aliphatic imine (C=N–C) groups is 1. The minimum Gasteiger partial charge on any atom is -0.402 e. The predicted molar refractivity (Wildman–Crippen MR) is 116 cm³/mol. The van der Waals surface area contributed by atoms with Gasteiger partial charge in [-0.2, -0.15) is 0 Å². The van der Waals surface area contributed by atoms with Gasteiger partial charge < -0.3 is 4.74 Å². The minimum atomic E-state index is -0.435. The second-order valence-corrected chi connectivity index (χ2v) is 7.49. The molecule has 134 valence electrons. The van der Waals surface area contributed by atoms with E-state index in [1.165, 1.54) is 0 Å². The molecule has 4 aromatic rings. The van der Waals surface area contributed by atoms with E-state index >= 15 is 0 Å². The normalized spacial score (nSPS) is 15.2. The van der Waals surface area contributed by atoms with E-state index in [0.717, 1.165) is 37.1 Å². The largest absolute Gasteiger partial charge is 0.402 e. The van der Waals surface area contributed by atoms with E-state index in [-0.39, 0.29) is 0 Å². The quantitative estimate of drug-likeness (QED) is 0.220. The number of carbonyl (C=O) groups is 1. The lowest BCUT2D eigenvalue weighted by atomic mass is 9.96. The van der Waals surface area contributed by atoms with Crippen molar-refractivity contribution in [1.29, 1.82) is 0 Å². The van der Waals surface area contributed by atoms with Gasteiger partial charge in [0.25, 0.3) is 0 Å². The Morgan fingerprint density at radius 1 is 0.821 bits per heavy atom. The van der Waals surface area contributed by atoms with Crippen molar-refractivity contribution in [3.63, 3.8) is 0 Å². The van der Waals surface area contributed by atoms with Gasteiger partial charge in [-0.15, -0.1) is 0 Å². The van der Waals surface area contributed by atoms with Crippen molar-refractivity contribution in [3.8, 4) is 0 Å². The summed E-state index contributed by atoms with van der Waals surface area (Å²) in [5.74, 6) is -0.108. The van der Waals surface area contributed by atoms with Crippen molar-refractivity contribution >= 4 is 55.4 Å². The standard InChI is InChI=1S/C24H14BrNO2/c25-18-11-9-15(10-12-18)23-26-22(24(27)28-23)14-21-19-7-3-1-5-16(19)13-17-6-2-4-8-20(17)21/h1-14H/b22-14-. The lowest BCUT2D eigenvalue weighted by Gasteiger charge is -2.08. The molecule has 0 saturated carbocycles. The van der Waals surface area contributed by atoms with Crippen LogP contribution in [0.4, 0.5) is 0 Å². The molecule has 0 bridgehead atoms. The van der Waals surface area contributed by atoms with Gasteiger partial charge in [0.05, 0.1) is 0 Å². The summed E-state index contributed by atoms with van der Waals surface area (Å²) in [6, 6.07) is 26.0. The zero-order valence-electron chi connectivity index (χ0n) is 14.7. The van der Waals surface area contributed by atoms with Gasteiger partial charge in [0, 0.05) is 10.0 Å². The van der Waals surface area contributed by atoms with Crippen LogP contribution in [0.15, 0.2) is 94.0 Å². The number of ether oxygens (including phenoxy) is 1. The summed E-state index contributed by atoms with van der Waals surface area (Å²) in [4.78, 5) is 17.0. The van der Waals surface area contributed by atoms with Gasteiger partial charge in [-0.1, -0.05) is 64.5 Å². The van der Waals surface area contributed by atoms with Gasteiger partial charge in [-0.3, -0.25) is 0 Å². The summed E-state index contributed by atoms with van der Waals surface area (Å²) >= 11 is 3.41. The maximum absolute atomic E-state index is 12.5. The first-order valence-electron chi connectivity index (χ1n) is 8.88. The van der Waals surface area contributed by atoms with Crippen LogP contribution >= 0.6 is 15.9 Å². The fourth-order valence-electron chi connectivity index (χ4n) is 3.47. The van der Waals surface area contributed by atoms with Crippen LogP contribution in [0.5, 0.6) is 0 Å². The fourth-order valence-corrected chi connectivity index (χ4v) is 3.73. The molecule has 28 heavy (non-hydrogen) atoms. The van der Waals surface area contributed by atoms with Crippen LogP contribution < -0.4 is 0 Å². The van der Waals surface area contributed by atoms with E-state index in [1.807, 2.05) is 54.6 Å². The molecule has 0 unspecified atom stereocenters. The lowest BCUT2D eigenvalue weighted by Crippen LogP contribution is -2.05. The molecule has 0 aromatic heterocycles. The molecule has 4 heteroatoms. The number of cyclic esters (lactones) is 1. The second kappa shape index (κ2) is 6.73. The zero-order chi connectivity index (χ0) is 19.1. The molecule has 0 N–H and O–H groups in total. The minimum absolute atomic E-state index is 0.305.